The molecule has 6 heteroatoms. The van der Waals surface area contributed by atoms with Gasteiger partial charge in [-0.25, -0.2) is 9.59 Å². The van der Waals surface area contributed by atoms with Crippen molar-refractivity contribution in [3.63, 3.8) is 0 Å². The molecule has 6 nitrogen and oxygen atoms in total. The summed E-state index contributed by atoms with van der Waals surface area (Å²) in [6.45, 7) is 11.1. The molecule has 0 unspecified atom stereocenters. The maximum Gasteiger partial charge on any atom is 0.349 e. The van der Waals surface area contributed by atoms with Gasteiger partial charge >= 0.3 is 11.7 Å². The maximum absolute atomic E-state index is 13.1. The van der Waals surface area contributed by atoms with Crippen molar-refractivity contribution in [3.05, 3.63) is 87.7 Å². The summed E-state index contributed by atoms with van der Waals surface area (Å²) in [6.07, 6.45) is 15.0. The highest BCUT2D eigenvalue weighted by molar-refractivity contribution is 5.79. The van der Waals surface area contributed by atoms with Gasteiger partial charge in [-0.15, -0.1) is 0 Å². The first kappa shape index (κ1) is 27.3. The molecular weight excluding hydrogens is 452 g/mol. The lowest BCUT2D eigenvalue weighted by molar-refractivity contribution is -0.158. The van der Waals surface area contributed by atoms with Gasteiger partial charge in [-0.1, -0.05) is 48.9 Å². The van der Waals surface area contributed by atoms with Crippen molar-refractivity contribution < 1.29 is 14.3 Å². The Balaban J connectivity index is 1.62. The smallest absolute Gasteiger partial charge is 0.349 e. The molecule has 0 amide bonds. The predicted molar refractivity (Wildman–Crippen MR) is 144 cm³/mol. The van der Waals surface area contributed by atoms with Gasteiger partial charge in [-0.3, -0.25) is 9.13 Å². The number of ether oxygens (including phenoxy) is 2. The Morgan fingerprint density at radius 1 is 1.08 bits per heavy atom. The average Bonchev–Trinajstić information content (AvgIpc) is 2.98. The van der Waals surface area contributed by atoms with Gasteiger partial charge in [0.05, 0.1) is 6.61 Å². The van der Waals surface area contributed by atoms with E-state index in [1.807, 2.05) is 39.6 Å². The molecule has 0 saturated heterocycles. The van der Waals surface area contributed by atoms with Crippen LogP contribution in [0.5, 0.6) is 5.75 Å². The normalized spacial score (nSPS) is 13.7. The Bertz CT molecular complexity index is 1180. The monoisotopic (exact) mass is 492 g/mol. The molecule has 0 N–H and O–H groups in total. The first-order valence-electron chi connectivity index (χ1n) is 13.0. The first-order chi connectivity index (χ1) is 17.2. The zero-order valence-corrected chi connectivity index (χ0v) is 22.4. The van der Waals surface area contributed by atoms with Crippen LogP contribution in [0.2, 0.25) is 0 Å². The molecule has 0 bridgehead atoms. The quantitative estimate of drug-likeness (QED) is 0.352. The average molecular weight is 493 g/mol. The van der Waals surface area contributed by atoms with E-state index in [0.29, 0.717) is 18.9 Å². The Morgan fingerprint density at radius 2 is 1.83 bits per heavy atom. The number of allylic oxidation sites excluding steroid dienone is 6. The van der Waals surface area contributed by atoms with Gasteiger partial charge in [0, 0.05) is 25.0 Å². The van der Waals surface area contributed by atoms with Crippen molar-refractivity contribution in [1.82, 2.24) is 9.13 Å². The van der Waals surface area contributed by atoms with Gasteiger partial charge in [0.2, 0.25) is 0 Å². The number of aromatic nitrogens is 2. The maximum atomic E-state index is 13.1. The van der Waals surface area contributed by atoms with Crippen molar-refractivity contribution in [1.29, 1.82) is 0 Å². The van der Waals surface area contributed by atoms with Crippen LogP contribution in [0.25, 0.3) is 0 Å². The van der Waals surface area contributed by atoms with Gasteiger partial charge in [-0.2, -0.15) is 0 Å². The van der Waals surface area contributed by atoms with Crippen LogP contribution in [0, 0.1) is 0 Å². The number of carbonyl (C=O) groups is 1. The van der Waals surface area contributed by atoms with Gasteiger partial charge in [0.15, 0.2) is 5.60 Å². The summed E-state index contributed by atoms with van der Waals surface area (Å²) in [5.41, 5.74) is 3.79. The van der Waals surface area contributed by atoms with E-state index in [2.05, 4.69) is 38.2 Å². The molecule has 1 aliphatic carbocycles. The highest BCUT2D eigenvalue weighted by Gasteiger charge is 2.31. The molecule has 0 aliphatic heterocycles. The highest BCUT2D eigenvalue weighted by Crippen LogP contribution is 2.21. The minimum atomic E-state index is -1.04. The van der Waals surface area contributed by atoms with Gasteiger partial charge in [-0.05, 0) is 83.1 Å². The Morgan fingerprint density at radius 3 is 2.53 bits per heavy atom. The standard InChI is InChI=1S/C30H40N2O4/c1-6-20-32-26(22-31(29(32)34)21-25-12-8-10-23(3)14-15-25)13-9-11-24-16-18-27(19-17-24)36-30(4,5)28(33)35-7-2/h8,10,14-19,22H,6-7,9,11-13,20-21H2,1-5H3. The number of aryl methyl sites for hydroxylation is 2. The van der Waals surface area contributed by atoms with E-state index in [4.69, 9.17) is 9.47 Å². The van der Waals surface area contributed by atoms with Gasteiger partial charge < -0.3 is 9.47 Å². The number of hydrogen-bond donors (Lipinski definition) is 0. The van der Waals surface area contributed by atoms with E-state index >= 15 is 0 Å². The van der Waals surface area contributed by atoms with Crippen LogP contribution < -0.4 is 10.4 Å². The number of rotatable bonds is 12. The van der Waals surface area contributed by atoms with E-state index in [-0.39, 0.29) is 11.7 Å². The predicted octanol–water partition coefficient (Wildman–Crippen LogP) is 5.79. The van der Waals surface area contributed by atoms with E-state index in [9.17, 15) is 9.59 Å². The molecule has 1 aromatic heterocycles. The van der Waals surface area contributed by atoms with Crippen LogP contribution in [0.15, 0.2) is 70.7 Å². The number of hydrogen-bond acceptors (Lipinski definition) is 4. The lowest BCUT2D eigenvalue weighted by atomic mass is 10.1. The molecule has 0 radical (unpaired) electrons. The molecule has 194 valence electrons. The third-order valence-corrected chi connectivity index (χ3v) is 6.25. The van der Waals surface area contributed by atoms with Crippen LogP contribution in [0.1, 0.15) is 65.1 Å². The minimum absolute atomic E-state index is 0.0763. The molecule has 36 heavy (non-hydrogen) atoms. The third-order valence-electron chi connectivity index (χ3n) is 6.25. The van der Waals surface area contributed by atoms with Crippen molar-refractivity contribution in [3.8, 4) is 5.75 Å². The van der Waals surface area contributed by atoms with Crippen LogP contribution in [-0.4, -0.2) is 27.3 Å². The molecule has 1 heterocycles. The number of nitrogens with zero attached hydrogens (tertiary/aromatic N) is 2. The zero-order chi connectivity index (χ0) is 26.1. The van der Waals surface area contributed by atoms with Crippen molar-refractivity contribution >= 4 is 5.97 Å². The lowest BCUT2D eigenvalue weighted by Gasteiger charge is -2.24. The number of benzene rings is 1. The second-order valence-corrected chi connectivity index (χ2v) is 9.85. The van der Waals surface area contributed by atoms with Crippen LogP contribution >= 0.6 is 0 Å². The highest BCUT2D eigenvalue weighted by atomic mass is 16.6. The molecule has 0 spiro atoms. The first-order valence-corrected chi connectivity index (χ1v) is 13.0. The molecule has 0 atom stereocenters. The van der Waals surface area contributed by atoms with E-state index in [1.165, 1.54) is 16.7 Å². The van der Waals surface area contributed by atoms with E-state index in [1.54, 1.807) is 20.8 Å². The summed E-state index contributed by atoms with van der Waals surface area (Å²) in [5.74, 6) is 0.260. The van der Waals surface area contributed by atoms with Crippen LogP contribution in [-0.2, 0) is 35.5 Å². The summed E-state index contributed by atoms with van der Waals surface area (Å²) in [6, 6.07) is 7.85. The molecular formula is C30H40N2O4. The van der Waals surface area contributed by atoms with Gasteiger partial charge in [0.25, 0.3) is 0 Å². The van der Waals surface area contributed by atoms with E-state index in [0.717, 1.165) is 44.3 Å². The summed E-state index contributed by atoms with van der Waals surface area (Å²) >= 11 is 0. The Labute approximate surface area is 214 Å². The Hall–Kier alpha value is -3.28. The zero-order valence-electron chi connectivity index (χ0n) is 22.4. The minimum Gasteiger partial charge on any atom is -0.476 e. The molecule has 2 aromatic rings. The van der Waals surface area contributed by atoms with Crippen LogP contribution in [0.4, 0.5) is 0 Å². The molecule has 0 fully saturated rings. The molecule has 1 aromatic carbocycles. The second-order valence-electron chi connectivity index (χ2n) is 9.85. The van der Waals surface area contributed by atoms with Crippen molar-refractivity contribution in [2.75, 3.05) is 6.61 Å². The van der Waals surface area contributed by atoms with Crippen molar-refractivity contribution in [2.45, 2.75) is 85.4 Å². The van der Waals surface area contributed by atoms with E-state index < -0.39 is 5.60 Å². The second kappa shape index (κ2) is 12.6. The summed E-state index contributed by atoms with van der Waals surface area (Å²) in [7, 11) is 0. The topological polar surface area (TPSA) is 62.5 Å². The van der Waals surface area contributed by atoms with Crippen molar-refractivity contribution in [2.24, 2.45) is 0 Å². The largest absolute Gasteiger partial charge is 0.476 e. The van der Waals surface area contributed by atoms with Gasteiger partial charge in [0.1, 0.15) is 5.75 Å². The number of imidazole rings is 1. The fraction of sp³-hybridized carbons (Fsp3) is 0.467. The lowest BCUT2D eigenvalue weighted by Crippen LogP contribution is -2.39. The number of carbonyl (C=O) groups excluding carboxylic acids is 1. The SMILES string of the molecule is CCCn1c(CCCc2ccc(OC(C)(C)C(=O)OCC)cc2)cn(CC2=CC=C(C)C=CC2)c1=O. The molecule has 3 rings (SSSR count). The molecule has 1 aliphatic rings. The Kier molecular flexibility index (Phi) is 9.57. The molecule has 0 saturated carbocycles. The summed E-state index contributed by atoms with van der Waals surface area (Å²) in [5, 5.41) is 0. The third kappa shape index (κ3) is 7.36. The van der Waals surface area contributed by atoms with Crippen LogP contribution in [0.3, 0.4) is 0 Å². The summed E-state index contributed by atoms with van der Waals surface area (Å²) < 4.78 is 14.7. The fourth-order valence-electron chi connectivity index (χ4n) is 4.30. The fourth-order valence-corrected chi connectivity index (χ4v) is 4.30. The number of esters is 1. The summed E-state index contributed by atoms with van der Waals surface area (Å²) in [4.78, 5) is 25.2.